The van der Waals surface area contributed by atoms with Gasteiger partial charge in [-0.1, -0.05) is 0 Å². The Morgan fingerprint density at radius 3 is 2.08 bits per heavy atom. The molecule has 0 radical (unpaired) electrons. The Kier molecular flexibility index (Phi) is 3.52. The third-order valence-corrected chi connectivity index (χ3v) is 2.84. The molecule has 0 heterocycles. The Morgan fingerprint density at radius 1 is 1.42 bits per heavy atom. The lowest BCUT2D eigenvalue weighted by Crippen LogP contribution is -2.45. The van der Waals surface area contributed by atoms with Crippen LogP contribution in [0.3, 0.4) is 0 Å². The lowest BCUT2D eigenvalue weighted by molar-refractivity contribution is -0.120. The summed E-state index contributed by atoms with van der Waals surface area (Å²) in [6.07, 6.45) is 0.541. The van der Waals surface area contributed by atoms with Gasteiger partial charge in [-0.3, -0.25) is 4.79 Å². The van der Waals surface area contributed by atoms with Crippen molar-refractivity contribution in [2.75, 3.05) is 19.5 Å². The van der Waals surface area contributed by atoms with Gasteiger partial charge in [0.05, 0.1) is 7.14 Å². The molecular weight excluding hydrogens is 173 g/mol. The van der Waals surface area contributed by atoms with Gasteiger partial charge in [-0.15, -0.1) is 0 Å². The molecule has 0 aromatic carbocycles. The van der Waals surface area contributed by atoms with Gasteiger partial charge in [0.2, 0.25) is 5.91 Å². The molecule has 4 heteroatoms. The summed E-state index contributed by atoms with van der Waals surface area (Å²) in [6.45, 7) is 8.70. The molecular formula is C8H18NO2P. The van der Waals surface area contributed by atoms with Crippen molar-refractivity contribution in [2.45, 2.75) is 26.3 Å². The molecule has 0 aliphatic carbocycles. The van der Waals surface area contributed by atoms with Gasteiger partial charge in [-0.25, -0.2) is 0 Å². The van der Waals surface area contributed by atoms with Gasteiger partial charge < -0.3 is 9.88 Å². The highest BCUT2D eigenvalue weighted by Crippen LogP contribution is 2.39. The van der Waals surface area contributed by atoms with Gasteiger partial charge in [-0.2, -0.15) is 0 Å². The van der Waals surface area contributed by atoms with Crippen molar-refractivity contribution < 1.29 is 9.36 Å². The van der Waals surface area contributed by atoms with Gasteiger partial charge >= 0.3 is 0 Å². The molecule has 0 unspecified atom stereocenters. The van der Waals surface area contributed by atoms with E-state index in [0.29, 0.717) is 6.16 Å². The molecule has 0 aromatic heterocycles. The second kappa shape index (κ2) is 3.61. The largest absolute Gasteiger partial charge is 0.351 e. The third kappa shape index (κ3) is 6.41. The molecule has 0 aliphatic rings. The summed E-state index contributed by atoms with van der Waals surface area (Å²) in [7, 11) is -2.06. The summed E-state index contributed by atoms with van der Waals surface area (Å²) in [5.74, 6) is -0.0755. The second-order valence-electron chi connectivity index (χ2n) is 4.30. The molecule has 0 bridgehead atoms. The van der Waals surface area contributed by atoms with Crippen LogP contribution in [0.25, 0.3) is 0 Å². The summed E-state index contributed by atoms with van der Waals surface area (Å²) in [5.41, 5.74) is -0.356. The predicted molar refractivity (Wildman–Crippen MR) is 52.2 cm³/mol. The summed E-state index contributed by atoms with van der Waals surface area (Å²) in [4.78, 5) is 10.7. The van der Waals surface area contributed by atoms with E-state index in [4.69, 9.17) is 0 Å². The van der Waals surface area contributed by atoms with Crippen LogP contribution in [0.1, 0.15) is 20.8 Å². The van der Waals surface area contributed by atoms with Crippen molar-refractivity contribution >= 4 is 13.0 Å². The normalized spacial score (nSPS) is 12.8. The SMILES string of the molecule is CC(=O)NC(C)(C)CP(C)(C)=O. The lowest BCUT2D eigenvalue weighted by Gasteiger charge is -2.27. The van der Waals surface area contributed by atoms with Gasteiger partial charge in [0.15, 0.2) is 0 Å². The van der Waals surface area contributed by atoms with Crippen LogP contribution in [-0.2, 0) is 9.36 Å². The average molecular weight is 191 g/mol. The van der Waals surface area contributed by atoms with Gasteiger partial charge in [0.1, 0.15) is 0 Å². The predicted octanol–water partition coefficient (Wildman–Crippen LogP) is 1.52. The Bertz CT molecular complexity index is 217. The Hall–Kier alpha value is -0.300. The van der Waals surface area contributed by atoms with Gasteiger partial charge in [-0.05, 0) is 27.2 Å². The Balaban J connectivity index is 4.23. The summed E-state index contributed by atoms with van der Waals surface area (Å²) in [6, 6.07) is 0. The van der Waals surface area contributed by atoms with E-state index >= 15 is 0 Å². The molecule has 0 spiro atoms. The maximum absolute atomic E-state index is 11.5. The molecule has 1 amide bonds. The van der Waals surface area contributed by atoms with Crippen molar-refractivity contribution in [2.24, 2.45) is 0 Å². The highest BCUT2D eigenvalue weighted by Gasteiger charge is 2.24. The summed E-state index contributed by atoms with van der Waals surface area (Å²) in [5, 5.41) is 2.76. The molecule has 0 saturated carbocycles. The van der Waals surface area contributed by atoms with Crippen LogP contribution in [-0.4, -0.2) is 30.9 Å². The fourth-order valence-corrected chi connectivity index (χ4v) is 3.45. The molecule has 0 aliphatic heterocycles. The Morgan fingerprint density at radius 2 is 1.83 bits per heavy atom. The van der Waals surface area contributed by atoms with E-state index in [1.807, 2.05) is 13.8 Å². The molecule has 0 rings (SSSR count). The zero-order valence-electron chi connectivity index (χ0n) is 8.47. The van der Waals surface area contributed by atoms with E-state index in [1.165, 1.54) is 6.92 Å². The van der Waals surface area contributed by atoms with Crippen LogP contribution in [0.5, 0.6) is 0 Å². The van der Waals surface area contributed by atoms with Gasteiger partial charge in [0, 0.05) is 18.6 Å². The topological polar surface area (TPSA) is 46.2 Å². The summed E-state index contributed by atoms with van der Waals surface area (Å²) >= 11 is 0. The molecule has 1 N–H and O–H groups in total. The molecule has 72 valence electrons. The first-order valence-electron chi connectivity index (χ1n) is 3.95. The van der Waals surface area contributed by atoms with E-state index in [0.717, 1.165) is 0 Å². The maximum atomic E-state index is 11.5. The van der Waals surface area contributed by atoms with Crippen LogP contribution in [0.15, 0.2) is 0 Å². The summed E-state index contributed by atoms with van der Waals surface area (Å²) < 4.78 is 11.5. The number of nitrogens with one attached hydrogen (secondary N) is 1. The minimum Gasteiger partial charge on any atom is -0.351 e. The van der Waals surface area contributed by atoms with Crippen LogP contribution in [0.4, 0.5) is 0 Å². The molecule has 0 saturated heterocycles. The van der Waals surface area contributed by atoms with Crippen LogP contribution in [0.2, 0.25) is 0 Å². The zero-order chi connectivity index (χ0) is 9.99. The van der Waals surface area contributed by atoms with Crippen LogP contribution < -0.4 is 5.32 Å². The van der Waals surface area contributed by atoms with Crippen molar-refractivity contribution in [3.8, 4) is 0 Å². The smallest absolute Gasteiger partial charge is 0.217 e. The van der Waals surface area contributed by atoms with E-state index in [9.17, 15) is 9.36 Å². The molecule has 3 nitrogen and oxygen atoms in total. The van der Waals surface area contributed by atoms with E-state index in [1.54, 1.807) is 13.3 Å². The number of amides is 1. The molecule has 0 aromatic rings. The fourth-order valence-electron chi connectivity index (χ4n) is 1.47. The number of carbonyl (C=O) groups excluding carboxylic acids is 1. The van der Waals surface area contributed by atoms with E-state index in [-0.39, 0.29) is 11.4 Å². The van der Waals surface area contributed by atoms with E-state index in [2.05, 4.69) is 5.32 Å². The van der Waals surface area contributed by atoms with Crippen LogP contribution in [0, 0.1) is 0 Å². The number of hydrogen-bond acceptors (Lipinski definition) is 2. The van der Waals surface area contributed by atoms with Crippen molar-refractivity contribution in [3.05, 3.63) is 0 Å². The molecule has 0 fully saturated rings. The zero-order valence-corrected chi connectivity index (χ0v) is 9.37. The minimum atomic E-state index is -2.06. The number of rotatable bonds is 3. The first-order chi connectivity index (χ1) is 5.12. The van der Waals surface area contributed by atoms with Crippen molar-refractivity contribution in [1.29, 1.82) is 0 Å². The first-order valence-corrected chi connectivity index (χ1v) is 6.74. The van der Waals surface area contributed by atoms with Crippen molar-refractivity contribution in [3.63, 3.8) is 0 Å². The number of hydrogen-bond donors (Lipinski definition) is 1. The first kappa shape index (κ1) is 11.7. The monoisotopic (exact) mass is 191 g/mol. The Labute approximate surface area is 74.3 Å². The standard InChI is InChI=1S/C8H18NO2P/c1-7(10)9-8(2,3)6-12(4,5)11/h6H2,1-5H3,(H,9,10). The minimum absolute atomic E-state index is 0.0755. The quantitative estimate of drug-likeness (QED) is 0.687. The van der Waals surface area contributed by atoms with E-state index < -0.39 is 7.14 Å². The lowest BCUT2D eigenvalue weighted by atomic mass is 10.1. The van der Waals surface area contributed by atoms with Crippen molar-refractivity contribution in [1.82, 2.24) is 5.32 Å². The maximum Gasteiger partial charge on any atom is 0.217 e. The second-order valence-corrected chi connectivity index (χ2v) is 7.76. The van der Waals surface area contributed by atoms with Crippen LogP contribution >= 0.6 is 7.14 Å². The molecule has 12 heavy (non-hydrogen) atoms. The average Bonchev–Trinajstić information content (AvgIpc) is 1.48. The van der Waals surface area contributed by atoms with Gasteiger partial charge in [0.25, 0.3) is 0 Å². The highest BCUT2D eigenvalue weighted by atomic mass is 31.2. The highest BCUT2D eigenvalue weighted by molar-refractivity contribution is 7.62. The molecule has 0 atom stereocenters. The fraction of sp³-hybridized carbons (Fsp3) is 0.875. The number of carbonyl (C=O) groups is 1. The third-order valence-electron chi connectivity index (χ3n) is 1.29.